The Kier molecular flexibility index (Phi) is 1.32. The minimum Gasteiger partial charge on any atom is -0.461 e. The quantitative estimate of drug-likeness (QED) is 0.398. The van der Waals surface area contributed by atoms with E-state index in [9.17, 15) is 14.9 Å². The van der Waals surface area contributed by atoms with Crippen LogP contribution in [0, 0.1) is 20.9 Å². The van der Waals surface area contributed by atoms with E-state index < -0.39 is 16.4 Å². The van der Waals surface area contributed by atoms with Crippen molar-refractivity contribution in [2.24, 2.45) is 10.8 Å². The summed E-state index contributed by atoms with van der Waals surface area (Å²) in [5, 5.41) is 11.1. The molecule has 0 aliphatic heterocycles. The second-order valence-corrected chi connectivity index (χ2v) is 5.05. The summed E-state index contributed by atoms with van der Waals surface area (Å²) in [4.78, 5) is 22.3. The molecule has 3 fully saturated rings. The zero-order valence-corrected chi connectivity index (χ0v) is 8.62. The Hall–Kier alpha value is -1.13. The molecule has 0 amide bonds. The number of fused-ring (bicyclic) bond motifs is 1. The lowest BCUT2D eigenvalue weighted by molar-refractivity contribution is -0.531. The fourth-order valence-corrected chi connectivity index (χ4v) is 3.40. The van der Waals surface area contributed by atoms with Crippen LogP contribution in [0.1, 0.15) is 32.6 Å². The lowest BCUT2D eigenvalue weighted by atomic mass is 10.1. The van der Waals surface area contributed by atoms with E-state index in [1.807, 2.05) is 0 Å². The number of hydrogen-bond donors (Lipinski definition) is 0. The Balaban J connectivity index is 1.88. The molecule has 2 spiro atoms. The zero-order chi connectivity index (χ0) is 10.9. The number of esters is 1. The van der Waals surface area contributed by atoms with Crippen LogP contribution in [0.5, 0.6) is 0 Å². The number of nitro groups is 1. The minimum atomic E-state index is -1.38. The molecule has 0 aromatic carbocycles. The largest absolute Gasteiger partial charge is 0.461 e. The van der Waals surface area contributed by atoms with Crippen molar-refractivity contribution in [1.29, 1.82) is 0 Å². The van der Waals surface area contributed by atoms with Crippen molar-refractivity contribution in [2.45, 2.75) is 38.1 Å². The highest BCUT2D eigenvalue weighted by atomic mass is 16.6. The summed E-state index contributed by atoms with van der Waals surface area (Å²) < 4.78 is 4.85. The molecule has 3 aliphatic rings. The maximum atomic E-state index is 11.7. The van der Waals surface area contributed by atoms with Crippen LogP contribution in [0.25, 0.3) is 0 Å². The standard InChI is InChI=1S/C10H13NO4/c1-2-15-7(12)10(11(13)14)6-9(10)5-8(9)3-4-8/h2-6H2,1H3. The summed E-state index contributed by atoms with van der Waals surface area (Å²) in [6, 6.07) is 0. The first-order valence-corrected chi connectivity index (χ1v) is 5.36. The highest BCUT2D eigenvalue weighted by Gasteiger charge is 3.00. The number of hydrogen-bond acceptors (Lipinski definition) is 4. The average Bonchev–Trinajstić information content (AvgIpc) is 3.04. The zero-order valence-electron chi connectivity index (χ0n) is 8.62. The normalized spacial score (nSPS) is 42.7. The predicted molar refractivity (Wildman–Crippen MR) is 49.7 cm³/mol. The number of ether oxygens (including phenoxy) is 1. The van der Waals surface area contributed by atoms with E-state index in [0.29, 0.717) is 6.42 Å². The Morgan fingerprint density at radius 1 is 1.47 bits per heavy atom. The van der Waals surface area contributed by atoms with Gasteiger partial charge >= 0.3 is 11.5 Å². The lowest BCUT2D eigenvalue weighted by Gasteiger charge is -2.07. The first kappa shape index (κ1) is 9.12. The summed E-state index contributed by atoms with van der Waals surface area (Å²) in [5.41, 5.74) is -1.53. The maximum absolute atomic E-state index is 11.7. The molecule has 5 heteroatoms. The summed E-state index contributed by atoms with van der Waals surface area (Å²) in [7, 11) is 0. The molecule has 3 aliphatic carbocycles. The van der Waals surface area contributed by atoms with Crippen LogP contribution in [-0.2, 0) is 9.53 Å². The van der Waals surface area contributed by atoms with Gasteiger partial charge in [0.15, 0.2) is 0 Å². The van der Waals surface area contributed by atoms with Gasteiger partial charge in [-0.25, -0.2) is 4.79 Å². The van der Waals surface area contributed by atoms with Gasteiger partial charge in [-0.15, -0.1) is 0 Å². The first-order chi connectivity index (χ1) is 7.05. The molecule has 82 valence electrons. The van der Waals surface area contributed by atoms with Crippen molar-refractivity contribution in [3.05, 3.63) is 10.1 Å². The number of rotatable bonds is 3. The van der Waals surface area contributed by atoms with Gasteiger partial charge in [0.25, 0.3) is 0 Å². The molecule has 3 saturated carbocycles. The van der Waals surface area contributed by atoms with Crippen LogP contribution in [0.4, 0.5) is 0 Å². The fourth-order valence-electron chi connectivity index (χ4n) is 3.40. The van der Waals surface area contributed by atoms with Crippen molar-refractivity contribution in [2.75, 3.05) is 6.61 Å². The molecule has 2 unspecified atom stereocenters. The monoisotopic (exact) mass is 211 g/mol. The molecule has 5 nitrogen and oxygen atoms in total. The Labute approximate surface area is 86.9 Å². The first-order valence-electron chi connectivity index (χ1n) is 5.36. The molecule has 0 heterocycles. The van der Waals surface area contributed by atoms with Crippen LogP contribution in [-0.4, -0.2) is 23.0 Å². The van der Waals surface area contributed by atoms with Gasteiger partial charge in [-0.3, -0.25) is 10.1 Å². The van der Waals surface area contributed by atoms with Crippen LogP contribution in [0.3, 0.4) is 0 Å². The lowest BCUT2D eigenvalue weighted by Crippen LogP contribution is -2.37. The van der Waals surface area contributed by atoms with E-state index in [0.717, 1.165) is 19.3 Å². The van der Waals surface area contributed by atoms with Crippen molar-refractivity contribution < 1.29 is 14.5 Å². The Bertz CT molecular complexity index is 376. The van der Waals surface area contributed by atoms with E-state index in [1.165, 1.54) is 0 Å². The molecule has 15 heavy (non-hydrogen) atoms. The molecule has 3 rings (SSSR count). The molecule has 0 radical (unpaired) electrons. The molecule has 0 aromatic heterocycles. The van der Waals surface area contributed by atoms with E-state index in [2.05, 4.69) is 0 Å². The van der Waals surface area contributed by atoms with Gasteiger partial charge in [-0.1, -0.05) is 0 Å². The molecule has 0 saturated heterocycles. The van der Waals surface area contributed by atoms with E-state index in [4.69, 9.17) is 4.74 Å². The summed E-state index contributed by atoms with van der Waals surface area (Å²) in [5.74, 6) is -0.612. The van der Waals surface area contributed by atoms with Gasteiger partial charge in [0.05, 0.1) is 12.0 Å². The maximum Gasteiger partial charge on any atom is 0.385 e. The Morgan fingerprint density at radius 2 is 2.13 bits per heavy atom. The predicted octanol–water partition coefficient (Wildman–Crippen LogP) is 1.14. The highest BCUT2D eigenvalue weighted by Crippen LogP contribution is 2.93. The number of carbonyl (C=O) groups excluding carboxylic acids is 1. The third-order valence-corrected chi connectivity index (χ3v) is 4.53. The second-order valence-electron chi connectivity index (χ2n) is 5.05. The van der Waals surface area contributed by atoms with Gasteiger partial charge in [-0.2, -0.15) is 0 Å². The minimum absolute atomic E-state index is 0.160. The molecular formula is C10H13NO4. The van der Waals surface area contributed by atoms with Crippen LogP contribution in [0.15, 0.2) is 0 Å². The SMILES string of the molecule is CCOC(=O)C1([N+](=O)[O-])CC12CC21CC1. The summed E-state index contributed by atoms with van der Waals surface area (Å²) >= 11 is 0. The van der Waals surface area contributed by atoms with E-state index in [-0.39, 0.29) is 17.4 Å². The van der Waals surface area contributed by atoms with Crippen LogP contribution >= 0.6 is 0 Å². The topological polar surface area (TPSA) is 69.4 Å². The number of nitrogens with zero attached hydrogens (tertiary/aromatic N) is 1. The molecule has 2 atom stereocenters. The van der Waals surface area contributed by atoms with Gasteiger partial charge in [-0.05, 0) is 31.6 Å². The number of carbonyl (C=O) groups is 1. The fraction of sp³-hybridized carbons (Fsp3) is 0.900. The van der Waals surface area contributed by atoms with Crippen molar-refractivity contribution in [3.8, 4) is 0 Å². The molecule has 0 aromatic rings. The Morgan fingerprint density at radius 3 is 2.53 bits per heavy atom. The molecule has 0 N–H and O–H groups in total. The van der Waals surface area contributed by atoms with Gasteiger partial charge in [0.2, 0.25) is 0 Å². The molecule has 0 bridgehead atoms. The summed E-state index contributed by atoms with van der Waals surface area (Å²) in [6.07, 6.45) is 3.38. The van der Waals surface area contributed by atoms with Crippen molar-refractivity contribution in [3.63, 3.8) is 0 Å². The van der Waals surface area contributed by atoms with Crippen LogP contribution in [0.2, 0.25) is 0 Å². The second kappa shape index (κ2) is 2.18. The smallest absolute Gasteiger partial charge is 0.385 e. The average molecular weight is 211 g/mol. The van der Waals surface area contributed by atoms with E-state index >= 15 is 0 Å². The van der Waals surface area contributed by atoms with Crippen molar-refractivity contribution >= 4 is 5.97 Å². The van der Waals surface area contributed by atoms with Gasteiger partial charge in [0.1, 0.15) is 0 Å². The van der Waals surface area contributed by atoms with Crippen LogP contribution < -0.4 is 0 Å². The third kappa shape index (κ3) is 0.755. The highest BCUT2D eigenvalue weighted by molar-refractivity contribution is 5.87. The molecular weight excluding hydrogens is 198 g/mol. The third-order valence-electron chi connectivity index (χ3n) is 4.53. The van der Waals surface area contributed by atoms with Gasteiger partial charge < -0.3 is 4.74 Å². The van der Waals surface area contributed by atoms with Gasteiger partial charge in [0, 0.05) is 11.3 Å². The van der Waals surface area contributed by atoms with E-state index in [1.54, 1.807) is 6.92 Å². The summed E-state index contributed by atoms with van der Waals surface area (Å²) in [6.45, 7) is 1.90. The van der Waals surface area contributed by atoms with Crippen molar-refractivity contribution in [1.82, 2.24) is 0 Å².